The molecule has 0 rings (SSSR count). The van der Waals surface area contributed by atoms with Crippen LogP contribution in [0, 0.1) is 0 Å². The van der Waals surface area contributed by atoms with Crippen LogP contribution in [0.15, 0.2) is 0 Å². The first-order chi connectivity index (χ1) is 2.00. The van der Waals surface area contributed by atoms with E-state index in [9.17, 15) is 0 Å². The first-order valence-corrected chi connectivity index (χ1v) is 2.10. The highest BCUT2D eigenvalue weighted by molar-refractivity contribution is 7.79. The Bertz CT molecular complexity index is 89.2. The summed E-state index contributed by atoms with van der Waals surface area (Å²) >= 11 is 0. The lowest BCUT2D eigenvalue weighted by Gasteiger charge is -1.68. The molecular weight excluding hydrogens is 144 g/mol. The Balaban J connectivity index is -0.0000000800. The van der Waals surface area contributed by atoms with Crippen LogP contribution in [0.5, 0.6) is 0 Å². The average Bonchev–Trinajstić information content (AvgIpc) is 0.722. The Hall–Kier alpha value is 0.180. The van der Waals surface area contributed by atoms with Gasteiger partial charge in [0.25, 0.3) is 0 Å². The van der Waals surface area contributed by atoms with Gasteiger partial charge in [0.15, 0.2) is 0 Å². The van der Waals surface area contributed by atoms with E-state index in [1.807, 2.05) is 0 Å². The topological polar surface area (TPSA) is 106 Å². The van der Waals surface area contributed by atoms with E-state index in [1.165, 1.54) is 0 Å². The van der Waals surface area contributed by atoms with Crippen LogP contribution in [0.1, 0.15) is 0 Å². The molecule has 48 valence electrons. The third-order valence-electron chi connectivity index (χ3n) is 0. The molecule has 7 heavy (non-hydrogen) atoms. The summed E-state index contributed by atoms with van der Waals surface area (Å²) in [5.74, 6) is 0. The molecule has 0 aromatic carbocycles. The Morgan fingerprint density at radius 1 is 1.14 bits per heavy atom. The largest absolute Gasteiger partial charge is 0.412 e. The van der Waals surface area contributed by atoms with Crippen molar-refractivity contribution in [3.63, 3.8) is 0 Å². The third kappa shape index (κ3) is 3330. The molecule has 0 unspecified atom stereocenters. The minimum absolute atomic E-state index is 0. The van der Waals surface area contributed by atoms with Crippen LogP contribution in [0.2, 0.25) is 0 Å². The van der Waals surface area contributed by atoms with Crippen molar-refractivity contribution in [2.24, 2.45) is 0 Å². The van der Waals surface area contributed by atoms with Crippen LogP contribution < -0.4 is 0 Å². The van der Waals surface area contributed by atoms with Crippen molar-refractivity contribution in [1.82, 2.24) is 0 Å². The standard InChI is InChI=1S/H2O4S.H2O.H2S/c1-5(2,3)4;;/h(H2,1,2,3,4);2*1H2. The minimum atomic E-state index is -4.67. The summed E-state index contributed by atoms with van der Waals surface area (Å²) in [7, 11) is -4.67. The Morgan fingerprint density at radius 2 is 1.14 bits per heavy atom. The molecule has 0 radical (unpaired) electrons. The van der Waals surface area contributed by atoms with Crippen molar-refractivity contribution in [3.8, 4) is 0 Å². The quantitative estimate of drug-likeness (QED) is 0.415. The van der Waals surface area contributed by atoms with Gasteiger partial charge in [0.05, 0.1) is 0 Å². The van der Waals surface area contributed by atoms with Gasteiger partial charge >= 0.3 is 10.4 Å². The van der Waals surface area contributed by atoms with Crippen molar-refractivity contribution in [2.45, 2.75) is 0 Å². The highest BCUT2D eigenvalue weighted by Gasteiger charge is 1.84. The molecule has 5 nitrogen and oxygen atoms in total. The predicted octanol–water partition coefficient (Wildman–Crippen LogP) is -1.36. The van der Waals surface area contributed by atoms with Gasteiger partial charge in [-0.2, -0.15) is 21.9 Å². The molecule has 0 saturated carbocycles. The van der Waals surface area contributed by atoms with E-state index in [0.29, 0.717) is 0 Å². The molecule has 0 aromatic rings. The van der Waals surface area contributed by atoms with Crippen molar-refractivity contribution in [2.75, 3.05) is 0 Å². The second-order valence-electron chi connectivity index (χ2n) is 0.448. The van der Waals surface area contributed by atoms with E-state index in [1.54, 1.807) is 0 Å². The van der Waals surface area contributed by atoms with Crippen molar-refractivity contribution < 1.29 is 23.0 Å². The highest BCUT2D eigenvalue weighted by Crippen LogP contribution is 1.59. The van der Waals surface area contributed by atoms with E-state index in [2.05, 4.69) is 0 Å². The van der Waals surface area contributed by atoms with Crippen molar-refractivity contribution in [1.29, 1.82) is 0 Å². The molecular formula is H6O5S2. The van der Waals surface area contributed by atoms with Crippen LogP contribution in [0.4, 0.5) is 0 Å². The van der Waals surface area contributed by atoms with Gasteiger partial charge in [0, 0.05) is 0 Å². The van der Waals surface area contributed by atoms with Crippen LogP contribution in [-0.4, -0.2) is 23.0 Å². The van der Waals surface area contributed by atoms with Crippen LogP contribution in [0.25, 0.3) is 0 Å². The molecule has 0 bridgehead atoms. The van der Waals surface area contributed by atoms with E-state index in [4.69, 9.17) is 17.5 Å². The van der Waals surface area contributed by atoms with Crippen molar-refractivity contribution in [3.05, 3.63) is 0 Å². The molecule has 0 aliphatic carbocycles. The molecule has 7 heteroatoms. The number of rotatable bonds is 0. The fourth-order valence-electron chi connectivity index (χ4n) is 0. The lowest BCUT2D eigenvalue weighted by atomic mass is 15.8. The second kappa shape index (κ2) is 4.34. The lowest BCUT2D eigenvalue weighted by molar-refractivity contribution is 0.381. The predicted molar refractivity (Wildman–Crippen MR) is 28.2 cm³/mol. The fourth-order valence-corrected chi connectivity index (χ4v) is 0. The zero-order valence-corrected chi connectivity index (χ0v) is 4.94. The van der Waals surface area contributed by atoms with E-state index >= 15 is 0 Å². The summed E-state index contributed by atoms with van der Waals surface area (Å²) < 4.78 is 31.6. The van der Waals surface area contributed by atoms with Gasteiger partial charge in [-0.1, -0.05) is 0 Å². The highest BCUT2D eigenvalue weighted by atomic mass is 32.3. The first-order valence-electron chi connectivity index (χ1n) is 0.698. The number of hydrogen-bond donors (Lipinski definition) is 2. The SMILES string of the molecule is O.O=S(=O)(O)O.S. The van der Waals surface area contributed by atoms with Gasteiger partial charge in [0.2, 0.25) is 0 Å². The zero-order chi connectivity index (χ0) is 4.50. The summed E-state index contributed by atoms with van der Waals surface area (Å²) in [6, 6.07) is 0. The molecule has 0 amide bonds. The Labute approximate surface area is 47.7 Å². The van der Waals surface area contributed by atoms with E-state index < -0.39 is 10.4 Å². The maximum absolute atomic E-state index is 8.74. The van der Waals surface area contributed by atoms with Crippen molar-refractivity contribution >= 4 is 23.9 Å². The van der Waals surface area contributed by atoms with Gasteiger partial charge in [-0.05, 0) is 0 Å². The molecule has 4 N–H and O–H groups in total. The second-order valence-corrected chi connectivity index (χ2v) is 1.34. The van der Waals surface area contributed by atoms with Gasteiger partial charge in [0.1, 0.15) is 0 Å². The van der Waals surface area contributed by atoms with Crippen LogP contribution in [-0.2, 0) is 10.4 Å². The molecule has 0 saturated heterocycles. The summed E-state index contributed by atoms with van der Waals surface area (Å²) in [4.78, 5) is 0. The Kier molecular flexibility index (Phi) is 9.73. The van der Waals surface area contributed by atoms with Gasteiger partial charge in [-0.25, -0.2) is 0 Å². The molecule has 0 heterocycles. The minimum Gasteiger partial charge on any atom is -0.412 e. The summed E-state index contributed by atoms with van der Waals surface area (Å²) in [6.45, 7) is 0. The smallest absolute Gasteiger partial charge is 0.394 e. The van der Waals surface area contributed by atoms with Crippen LogP contribution >= 0.6 is 13.5 Å². The summed E-state index contributed by atoms with van der Waals surface area (Å²) in [5, 5.41) is 0. The molecule has 0 aromatic heterocycles. The summed E-state index contributed by atoms with van der Waals surface area (Å²) in [5.41, 5.74) is 0. The molecule has 0 atom stereocenters. The molecule has 0 aliphatic heterocycles. The molecule has 0 aliphatic rings. The van der Waals surface area contributed by atoms with Crippen LogP contribution in [0.3, 0.4) is 0 Å². The first kappa shape index (κ1) is 15.7. The third-order valence-corrected chi connectivity index (χ3v) is 0. The maximum Gasteiger partial charge on any atom is 0.394 e. The monoisotopic (exact) mass is 150 g/mol. The lowest BCUT2D eigenvalue weighted by Crippen LogP contribution is -1.89. The molecule has 0 fully saturated rings. The fraction of sp³-hybridized carbons (Fsp3) is 0. The Morgan fingerprint density at radius 3 is 1.14 bits per heavy atom. The molecule has 0 spiro atoms. The summed E-state index contributed by atoms with van der Waals surface area (Å²) in [6.07, 6.45) is 0. The zero-order valence-electron chi connectivity index (χ0n) is 3.12. The van der Waals surface area contributed by atoms with Gasteiger partial charge in [-0.15, -0.1) is 0 Å². The van der Waals surface area contributed by atoms with E-state index in [-0.39, 0.29) is 19.0 Å². The normalized spacial score (nSPS) is 8.29. The van der Waals surface area contributed by atoms with Gasteiger partial charge < -0.3 is 5.48 Å². The number of hydrogen-bond acceptors (Lipinski definition) is 2. The average molecular weight is 150 g/mol. The van der Waals surface area contributed by atoms with E-state index in [0.717, 1.165) is 0 Å². The maximum atomic E-state index is 8.74. The van der Waals surface area contributed by atoms with Gasteiger partial charge in [-0.3, -0.25) is 9.11 Å².